The second-order valence-electron chi connectivity index (χ2n) is 4.51. The second kappa shape index (κ2) is 4.85. The van der Waals surface area contributed by atoms with Crippen molar-refractivity contribution in [1.82, 2.24) is 9.88 Å². The third-order valence-corrected chi connectivity index (χ3v) is 2.95. The first kappa shape index (κ1) is 14.9. The van der Waals surface area contributed by atoms with Crippen LogP contribution in [0.1, 0.15) is 24.5 Å². The normalized spacial score (nSPS) is 12.6. The van der Waals surface area contributed by atoms with Gasteiger partial charge in [-0.3, -0.25) is 4.79 Å². The Bertz CT molecular complexity index is 436. The summed E-state index contributed by atoms with van der Waals surface area (Å²) in [7, 11) is 1.48. The summed E-state index contributed by atoms with van der Waals surface area (Å²) >= 11 is 0.867. The summed E-state index contributed by atoms with van der Waals surface area (Å²) < 4.78 is 37.0. The number of nitrogens with two attached hydrogens (primary N) is 1. The summed E-state index contributed by atoms with van der Waals surface area (Å²) in [6.07, 6.45) is -4.45. The van der Waals surface area contributed by atoms with E-state index in [1.165, 1.54) is 25.8 Å². The Balaban J connectivity index is 2.75. The molecule has 0 bridgehead atoms. The maximum atomic E-state index is 12.3. The van der Waals surface area contributed by atoms with E-state index in [0.717, 1.165) is 16.7 Å². The average Bonchev–Trinajstić information content (AvgIpc) is 2.62. The predicted molar refractivity (Wildman–Crippen MR) is 61.9 cm³/mol. The average molecular weight is 281 g/mol. The zero-order chi connectivity index (χ0) is 14.1. The van der Waals surface area contributed by atoms with Crippen LogP contribution in [-0.2, 0) is 17.5 Å². The number of rotatable bonds is 3. The molecule has 1 amide bonds. The van der Waals surface area contributed by atoms with Crippen molar-refractivity contribution < 1.29 is 18.0 Å². The van der Waals surface area contributed by atoms with Gasteiger partial charge < -0.3 is 10.6 Å². The molecule has 102 valence electrons. The quantitative estimate of drug-likeness (QED) is 0.920. The first-order chi connectivity index (χ1) is 8.01. The summed E-state index contributed by atoms with van der Waals surface area (Å²) in [5.41, 5.74) is 3.63. The number of nitrogens with zero attached hydrogens (tertiary/aromatic N) is 2. The van der Waals surface area contributed by atoms with E-state index >= 15 is 0 Å². The summed E-state index contributed by atoms with van der Waals surface area (Å²) in [6.45, 7) is 3.09. The van der Waals surface area contributed by atoms with Gasteiger partial charge in [-0.15, -0.1) is 11.3 Å². The lowest BCUT2D eigenvalue weighted by atomic mass is 10.1. The molecule has 0 atom stereocenters. The number of carbonyl (C=O) groups excluding carboxylic acids is 1. The summed E-state index contributed by atoms with van der Waals surface area (Å²) in [5, 5.41) is 1.16. The molecule has 0 saturated heterocycles. The molecule has 0 aromatic carbocycles. The molecule has 1 rings (SSSR count). The van der Waals surface area contributed by atoms with Gasteiger partial charge in [0.05, 0.1) is 12.1 Å². The zero-order valence-corrected chi connectivity index (χ0v) is 11.0. The monoisotopic (exact) mass is 281 g/mol. The van der Waals surface area contributed by atoms with E-state index in [2.05, 4.69) is 4.98 Å². The van der Waals surface area contributed by atoms with Gasteiger partial charge in [0.25, 0.3) is 0 Å². The van der Waals surface area contributed by atoms with Gasteiger partial charge >= 0.3 is 6.18 Å². The summed E-state index contributed by atoms with van der Waals surface area (Å²) in [5.74, 6) is -0.355. The lowest BCUT2D eigenvalue weighted by Gasteiger charge is -2.25. The maximum Gasteiger partial charge on any atom is 0.434 e. The van der Waals surface area contributed by atoms with Crippen molar-refractivity contribution in [3.8, 4) is 0 Å². The summed E-state index contributed by atoms with van der Waals surface area (Å²) in [4.78, 5) is 16.4. The van der Waals surface area contributed by atoms with Crippen molar-refractivity contribution in [2.45, 2.75) is 32.1 Å². The molecule has 1 aromatic heterocycles. The topological polar surface area (TPSA) is 59.2 Å². The van der Waals surface area contributed by atoms with Crippen molar-refractivity contribution in [2.75, 3.05) is 7.05 Å². The standard InChI is InChI=1S/C10H14F3N3OS/c1-9(2,14)8(17)16(3)4-7-15-6(5-18-7)10(11,12)13/h5H,4,14H2,1-3H3. The lowest BCUT2D eigenvalue weighted by Crippen LogP contribution is -2.49. The van der Waals surface area contributed by atoms with Gasteiger partial charge in [0.1, 0.15) is 5.01 Å². The largest absolute Gasteiger partial charge is 0.434 e. The van der Waals surface area contributed by atoms with Gasteiger partial charge in [0, 0.05) is 12.4 Å². The van der Waals surface area contributed by atoms with Crippen molar-refractivity contribution in [3.63, 3.8) is 0 Å². The number of alkyl halides is 3. The van der Waals surface area contributed by atoms with Gasteiger partial charge in [-0.1, -0.05) is 0 Å². The zero-order valence-electron chi connectivity index (χ0n) is 10.2. The molecule has 0 unspecified atom stereocenters. The molecule has 0 spiro atoms. The minimum Gasteiger partial charge on any atom is -0.337 e. The van der Waals surface area contributed by atoms with Crippen LogP contribution in [0, 0.1) is 0 Å². The van der Waals surface area contributed by atoms with Crippen LogP contribution < -0.4 is 5.73 Å². The lowest BCUT2D eigenvalue weighted by molar-refractivity contribution is -0.140. The SMILES string of the molecule is CN(Cc1nc(C(F)(F)F)cs1)C(=O)C(C)(C)N. The van der Waals surface area contributed by atoms with Crippen molar-refractivity contribution in [3.05, 3.63) is 16.1 Å². The molecule has 0 aliphatic rings. The maximum absolute atomic E-state index is 12.3. The Labute approximate surface area is 107 Å². The Morgan fingerprint density at radius 1 is 1.50 bits per heavy atom. The molecule has 0 radical (unpaired) electrons. The third-order valence-electron chi connectivity index (χ3n) is 2.11. The molecule has 18 heavy (non-hydrogen) atoms. The van der Waals surface area contributed by atoms with Crippen molar-refractivity contribution in [2.24, 2.45) is 5.73 Å². The van der Waals surface area contributed by atoms with Gasteiger partial charge in [-0.25, -0.2) is 4.98 Å². The molecular weight excluding hydrogens is 267 g/mol. The van der Waals surface area contributed by atoms with Crippen LogP contribution in [0.4, 0.5) is 13.2 Å². The van der Waals surface area contributed by atoms with E-state index in [4.69, 9.17) is 5.73 Å². The molecule has 0 aliphatic heterocycles. The number of hydrogen-bond acceptors (Lipinski definition) is 4. The fourth-order valence-corrected chi connectivity index (χ4v) is 2.13. The number of halogens is 3. The highest BCUT2D eigenvalue weighted by Crippen LogP contribution is 2.30. The predicted octanol–water partition coefficient (Wildman–Crippen LogP) is 1.86. The van der Waals surface area contributed by atoms with Crippen LogP contribution >= 0.6 is 11.3 Å². The highest BCUT2D eigenvalue weighted by atomic mass is 32.1. The molecule has 8 heteroatoms. The molecule has 0 fully saturated rings. The van der Waals surface area contributed by atoms with E-state index in [0.29, 0.717) is 0 Å². The van der Waals surface area contributed by atoms with E-state index in [1.807, 2.05) is 0 Å². The van der Waals surface area contributed by atoms with E-state index in [9.17, 15) is 18.0 Å². The number of hydrogen-bond donors (Lipinski definition) is 1. The fourth-order valence-electron chi connectivity index (χ4n) is 1.28. The van der Waals surface area contributed by atoms with Crippen molar-refractivity contribution in [1.29, 1.82) is 0 Å². The van der Waals surface area contributed by atoms with Gasteiger partial charge in [0.15, 0.2) is 5.69 Å². The number of aromatic nitrogens is 1. The molecule has 1 heterocycles. The Kier molecular flexibility index (Phi) is 4.02. The van der Waals surface area contributed by atoms with Crippen LogP contribution in [-0.4, -0.2) is 28.4 Å². The van der Waals surface area contributed by atoms with Crippen LogP contribution in [0.2, 0.25) is 0 Å². The second-order valence-corrected chi connectivity index (χ2v) is 5.45. The van der Waals surface area contributed by atoms with Crippen LogP contribution in [0.25, 0.3) is 0 Å². The minimum absolute atomic E-state index is 0.0141. The first-order valence-electron chi connectivity index (χ1n) is 5.08. The van der Waals surface area contributed by atoms with Gasteiger partial charge in [-0.05, 0) is 13.8 Å². The van der Waals surface area contributed by atoms with Crippen molar-refractivity contribution >= 4 is 17.2 Å². The van der Waals surface area contributed by atoms with Crippen LogP contribution in [0.15, 0.2) is 5.38 Å². The van der Waals surface area contributed by atoms with Crippen LogP contribution in [0.5, 0.6) is 0 Å². The molecule has 2 N–H and O–H groups in total. The Morgan fingerprint density at radius 2 is 2.06 bits per heavy atom. The van der Waals surface area contributed by atoms with Gasteiger partial charge in [0.2, 0.25) is 5.91 Å². The number of thiazole rings is 1. The minimum atomic E-state index is -4.45. The molecule has 4 nitrogen and oxygen atoms in total. The van der Waals surface area contributed by atoms with E-state index in [-0.39, 0.29) is 17.5 Å². The Hall–Kier alpha value is -1.15. The fraction of sp³-hybridized carbons (Fsp3) is 0.600. The Morgan fingerprint density at radius 3 is 2.44 bits per heavy atom. The number of amides is 1. The highest BCUT2D eigenvalue weighted by molar-refractivity contribution is 7.09. The molecule has 1 aromatic rings. The van der Waals surface area contributed by atoms with Crippen LogP contribution in [0.3, 0.4) is 0 Å². The summed E-state index contributed by atoms with van der Waals surface area (Å²) in [6, 6.07) is 0. The van der Waals surface area contributed by atoms with E-state index < -0.39 is 17.4 Å². The first-order valence-corrected chi connectivity index (χ1v) is 5.96. The van der Waals surface area contributed by atoms with E-state index in [1.54, 1.807) is 0 Å². The third kappa shape index (κ3) is 3.67. The number of likely N-dealkylation sites (N-methyl/N-ethyl adjacent to an activating group) is 1. The molecule has 0 saturated carbocycles. The molecule has 0 aliphatic carbocycles. The smallest absolute Gasteiger partial charge is 0.337 e. The molecular formula is C10H14F3N3OS. The van der Waals surface area contributed by atoms with Gasteiger partial charge in [-0.2, -0.15) is 13.2 Å². The highest BCUT2D eigenvalue weighted by Gasteiger charge is 2.34. The number of carbonyl (C=O) groups is 1.